The quantitative estimate of drug-likeness (QED) is 0.789. The zero-order chi connectivity index (χ0) is 12.3. The lowest BCUT2D eigenvalue weighted by Gasteiger charge is -2.33. The highest BCUT2D eigenvalue weighted by molar-refractivity contribution is 6.36. The van der Waals surface area contributed by atoms with Gasteiger partial charge in [0.2, 0.25) is 5.78 Å². The van der Waals surface area contributed by atoms with Crippen LogP contribution < -0.4 is 0 Å². The van der Waals surface area contributed by atoms with Crippen LogP contribution in [0.3, 0.4) is 0 Å². The lowest BCUT2D eigenvalue weighted by molar-refractivity contribution is -0.149. The van der Waals surface area contributed by atoms with Gasteiger partial charge in [0, 0.05) is 13.0 Å². The third kappa shape index (κ3) is 2.36. The summed E-state index contributed by atoms with van der Waals surface area (Å²) < 4.78 is 0. The summed E-state index contributed by atoms with van der Waals surface area (Å²) in [5.41, 5.74) is 0.859. The molecule has 1 N–H and O–H groups in total. The SMILES string of the molecule is O=C1CCCN([C@@H](CO)c2ccccc2)C1=O. The van der Waals surface area contributed by atoms with Gasteiger partial charge in [-0.3, -0.25) is 9.59 Å². The van der Waals surface area contributed by atoms with Crippen molar-refractivity contribution in [2.45, 2.75) is 18.9 Å². The van der Waals surface area contributed by atoms with E-state index in [1.54, 1.807) is 0 Å². The Bertz CT molecular complexity index is 416. The summed E-state index contributed by atoms with van der Waals surface area (Å²) in [4.78, 5) is 24.6. The number of rotatable bonds is 3. The van der Waals surface area contributed by atoms with Gasteiger partial charge in [-0.1, -0.05) is 30.3 Å². The lowest BCUT2D eigenvalue weighted by atomic mass is 10.0. The van der Waals surface area contributed by atoms with Crippen LogP contribution >= 0.6 is 0 Å². The second-order valence-corrected chi connectivity index (χ2v) is 4.13. The first kappa shape index (κ1) is 11.8. The maximum atomic E-state index is 11.8. The van der Waals surface area contributed by atoms with Gasteiger partial charge in [0.1, 0.15) is 0 Å². The molecule has 1 saturated heterocycles. The zero-order valence-corrected chi connectivity index (χ0v) is 9.50. The molecule has 1 atom stereocenters. The zero-order valence-electron chi connectivity index (χ0n) is 9.50. The fourth-order valence-electron chi connectivity index (χ4n) is 2.14. The molecule has 1 heterocycles. The Kier molecular flexibility index (Phi) is 3.54. The van der Waals surface area contributed by atoms with E-state index in [0.29, 0.717) is 19.4 Å². The number of benzene rings is 1. The van der Waals surface area contributed by atoms with Crippen LogP contribution in [-0.2, 0) is 9.59 Å². The fraction of sp³-hybridized carbons (Fsp3) is 0.385. The van der Waals surface area contributed by atoms with E-state index in [2.05, 4.69) is 0 Å². The van der Waals surface area contributed by atoms with Crippen LogP contribution in [0.1, 0.15) is 24.4 Å². The van der Waals surface area contributed by atoms with Crippen molar-refractivity contribution in [2.75, 3.05) is 13.2 Å². The average Bonchev–Trinajstić information content (AvgIpc) is 2.37. The first-order valence-electron chi connectivity index (χ1n) is 5.73. The minimum absolute atomic E-state index is 0.164. The van der Waals surface area contributed by atoms with Crippen LogP contribution in [0.4, 0.5) is 0 Å². The molecule has 0 radical (unpaired) electrons. The summed E-state index contributed by atoms with van der Waals surface area (Å²) in [5.74, 6) is -0.829. The number of carbonyl (C=O) groups excluding carboxylic acids is 2. The van der Waals surface area contributed by atoms with E-state index in [-0.39, 0.29) is 12.4 Å². The molecule has 90 valence electrons. The number of likely N-dealkylation sites (tertiary alicyclic amines) is 1. The van der Waals surface area contributed by atoms with Crippen LogP contribution in [0.15, 0.2) is 30.3 Å². The van der Waals surface area contributed by atoms with Gasteiger partial charge >= 0.3 is 0 Å². The second kappa shape index (κ2) is 5.10. The molecule has 0 unspecified atom stereocenters. The van der Waals surface area contributed by atoms with Gasteiger partial charge < -0.3 is 10.0 Å². The third-order valence-electron chi connectivity index (χ3n) is 3.04. The Balaban J connectivity index is 2.24. The third-order valence-corrected chi connectivity index (χ3v) is 3.04. The number of amides is 1. The molecule has 17 heavy (non-hydrogen) atoms. The van der Waals surface area contributed by atoms with Crippen LogP contribution in [0.2, 0.25) is 0 Å². The molecule has 1 aromatic carbocycles. The number of Topliss-reactive ketones (excluding diaryl/α,β-unsaturated/α-hetero) is 1. The predicted octanol–water partition coefficient (Wildman–Crippen LogP) is 0.911. The highest BCUT2D eigenvalue weighted by Crippen LogP contribution is 2.23. The van der Waals surface area contributed by atoms with E-state index in [1.165, 1.54) is 4.90 Å². The summed E-state index contributed by atoms with van der Waals surface area (Å²) in [6, 6.07) is 8.89. The number of hydrogen-bond acceptors (Lipinski definition) is 3. The Hall–Kier alpha value is -1.68. The van der Waals surface area contributed by atoms with Gasteiger partial charge in [-0.05, 0) is 12.0 Å². The van der Waals surface area contributed by atoms with E-state index in [1.807, 2.05) is 30.3 Å². The molecule has 1 aliphatic heterocycles. The number of nitrogens with zero attached hydrogens (tertiary/aromatic N) is 1. The van der Waals surface area contributed by atoms with Crippen molar-refractivity contribution >= 4 is 11.7 Å². The Labute approximate surface area is 99.9 Å². The summed E-state index contributed by atoms with van der Waals surface area (Å²) >= 11 is 0. The van der Waals surface area contributed by atoms with E-state index in [4.69, 9.17) is 0 Å². The summed E-state index contributed by atoms with van der Waals surface area (Å²) in [5, 5.41) is 9.43. The van der Waals surface area contributed by atoms with Crippen LogP contribution in [0.25, 0.3) is 0 Å². The molecular weight excluding hydrogens is 218 g/mol. The molecular formula is C13H15NO3. The Morgan fingerprint density at radius 2 is 1.94 bits per heavy atom. The van der Waals surface area contributed by atoms with E-state index in [0.717, 1.165) is 5.56 Å². The summed E-state index contributed by atoms with van der Waals surface area (Å²) in [7, 11) is 0. The summed E-state index contributed by atoms with van der Waals surface area (Å²) in [6.45, 7) is 0.369. The highest BCUT2D eigenvalue weighted by Gasteiger charge is 2.31. The predicted molar refractivity (Wildman–Crippen MR) is 62.2 cm³/mol. The van der Waals surface area contributed by atoms with Gasteiger partial charge in [-0.2, -0.15) is 0 Å². The smallest absolute Gasteiger partial charge is 0.290 e. The molecule has 4 heteroatoms. The van der Waals surface area contributed by atoms with Crippen molar-refractivity contribution in [1.29, 1.82) is 0 Å². The number of carbonyl (C=O) groups is 2. The monoisotopic (exact) mass is 233 g/mol. The minimum Gasteiger partial charge on any atom is -0.394 e. The van der Waals surface area contributed by atoms with E-state index < -0.39 is 11.9 Å². The highest BCUT2D eigenvalue weighted by atomic mass is 16.3. The van der Waals surface area contributed by atoms with Gasteiger partial charge in [0.05, 0.1) is 12.6 Å². The van der Waals surface area contributed by atoms with Crippen LogP contribution in [0.5, 0.6) is 0 Å². The maximum Gasteiger partial charge on any atom is 0.290 e. The molecule has 1 amide bonds. The molecule has 0 spiro atoms. The lowest BCUT2D eigenvalue weighted by Crippen LogP contribution is -2.44. The maximum absolute atomic E-state index is 11.8. The van der Waals surface area contributed by atoms with E-state index >= 15 is 0 Å². The van der Waals surface area contributed by atoms with Gasteiger partial charge in [0.25, 0.3) is 5.91 Å². The summed E-state index contributed by atoms with van der Waals surface area (Å²) in [6.07, 6.45) is 0.996. The van der Waals surface area contributed by atoms with Crippen molar-refractivity contribution < 1.29 is 14.7 Å². The molecule has 0 aliphatic carbocycles. The molecule has 1 fully saturated rings. The van der Waals surface area contributed by atoms with Crippen LogP contribution in [-0.4, -0.2) is 34.8 Å². The molecule has 4 nitrogen and oxygen atoms in total. The Morgan fingerprint density at radius 1 is 1.24 bits per heavy atom. The number of ketones is 1. The largest absolute Gasteiger partial charge is 0.394 e. The molecule has 1 aliphatic rings. The van der Waals surface area contributed by atoms with Crippen LogP contribution in [0, 0.1) is 0 Å². The van der Waals surface area contributed by atoms with Gasteiger partial charge in [-0.15, -0.1) is 0 Å². The van der Waals surface area contributed by atoms with Crippen molar-refractivity contribution in [3.8, 4) is 0 Å². The Morgan fingerprint density at radius 3 is 2.59 bits per heavy atom. The van der Waals surface area contributed by atoms with Crippen molar-refractivity contribution in [2.24, 2.45) is 0 Å². The van der Waals surface area contributed by atoms with E-state index in [9.17, 15) is 14.7 Å². The number of hydrogen-bond donors (Lipinski definition) is 1. The number of aliphatic hydroxyl groups is 1. The van der Waals surface area contributed by atoms with Gasteiger partial charge in [0.15, 0.2) is 0 Å². The molecule has 0 bridgehead atoms. The first-order valence-corrected chi connectivity index (χ1v) is 5.73. The van der Waals surface area contributed by atoms with Crippen molar-refractivity contribution in [1.82, 2.24) is 4.90 Å². The molecule has 0 aromatic heterocycles. The first-order chi connectivity index (χ1) is 8.24. The second-order valence-electron chi connectivity index (χ2n) is 4.13. The molecule has 1 aromatic rings. The fourth-order valence-corrected chi connectivity index (χ4v) is 2.14. The van der Waals surface area contributed by atoms with Crippen molar-refractivity contribution in [3.05, 3.63) is 35.9 Å². The minimum atomic E-state index is -0.473. The number of aliphatic hydroxyl groups excluding tert-OH is 1. The standard InChI is InChI=1S/C13H15NO3/c15-9-11(10-5-2-1-3-6-10)14-8-4-7-12(16)13(14)17/h1-3,5-6,11,15H,4,7-9H2/t11-/m0/s1. The van der Waals surface area contributed by atoms with Gasteiger partial charge in [-0.25, -0.2) is 0 Å². The normalized spacial score (nSPS) is 18.3. The topological polar surface area (TPSA) is 57.6 Å². The molecule has 2 rings (SSSR count). The van der Waals surface area contributed by atoms with Crippen molar-refractivity contribution in [3.63, 3.8) is 0 Å². The number of piperidine rings is 1. The average molecular weight is 233 g/mol. The molecule has 0 saturated carbocycles.